The number of nitrogens with zero attached hydrogens (tertiary/aromatic N) is 2. The number of rotatable bonds is 3. The topological polar surface area (TPSA) is 53.5 Å². The lowest BCUT2D eigenvalue weighted by Gasteiger charge is -2.30. The van der Waals surface area contributed by atoms with Crippen LogP contribution in [0.2, 0.25) is 0 Å². The number of ether oxygens (including phenoxy) is 3. The summed E-state index contributed by atoms with van der Waals surface area (Å²) in [7, 11) is 1.62. The second-order valence-corrected chi connectivity index (χ2v) is 6.54. The summed E-state index contributed by atoms with van der Waals surface area (Å²) in [6, 6.07) is 0. The molecular formula is C15H22N2O3. The van der Waals surface area contributed by atoms with Gasteiger partial charge in [0, 0.05) is 5.92 Å². The Morgan fingerprint density at radius 3 is 2.20 bits per heavy atom. The molecule has 0 spiro atoms. The first-order valence-corrected chi connectivity index (χ1v) is 7.10. The molecule has 1 aromatic rings. The van der Waals surface area contributed by atoms with Crippen LogP contribution in [0.25, 0.3) is 0 Å². The zero-order chi connectivity index (χ0) is 14.5. The van der Waals surface area contributed by atoms with Crippen molar-refractivity contribution in [2.45, 2.75) is 63.9 Å². The van der Waals surface area contributed by atoms with Gasteiger partial charge in [-0.25, -0.2) is 9.97 Å². The predicted octanol–water partition coefficient (Wildman–Crippen LogP) is 2.97. The van der Waals surface area contributed by atoms with E-state index in [0.717, 1.165) is 24.1 Å². The van der Waals surface area contributed by atoms with Crippen LogP contribution in [0.15, 0.2) is 6.33 Å². The van der Waals surface area contributed by atoms with Crippen molar-refractivity contribution in [2.24, 2.45) is 0 Å². The normalized spacial score (nSPS) is 24.9. The first-order chi connectivity index (χ1) is 9.36. The highest BCUT2D eigenvalue weighted by molar-refractivity contribution is 5.36. The summed E-state index contributed by atoms with van der Waals surface area (Å²) in [4.78, 5) is 8.65. The number of hydrogen-bond acceptors (Lipinski definition) is 5. The Hall–Kier alpha value is -1.20. The van der Waals surface area contributed by atoms with Crippen LogP contribution in [0.3, 0.4) is 0 Å². The van der Waals surface area contributed by atoms with Gasteiger partial charge in [-0.2, -0.15) is 0 Å². The fourth-order valence-corrected chi connectivity index (χ4v) is 2.42. The van der Waals surface area contributed by atoms with E-state index in [4.69, 9.17) is 14.2 Å². The molecule has 20 heavy (non-hydrogen) atoms. The summed E-state index contributed by atoms with van der Waals surface area (Å²) in [5.74, 6) is 1.04. The van der Waals surface area contributed by atoms with Crippen molar-refractivity contribution in [3.63, 3.8) is 0 Å². The lowest BCUT2D eigenvalue weighted by atomic mass is 9.90. The van der Waals surface area contributed by atoms with Crippen LogP contribution in [0.4, 0.5) is 0 Å². The van der Waals surface area contributed by atoms with Gasteiger partial charge in [0.1, 0.15) is 6.33 Å². The van der Waals surface area contributed by atoms with E-state index in [1.165, 1.54) is 0 Å². The third-order valence-electron chi connectivity index (χ3n) is 4.52. The van der Waals surface area contributed by atoms with Gasteiger partial charge in [0.25, 0.3) is 0 Å². The lowest BCUT2D eigenvalue weighted by Crippen LogP contribution is -2.41. The SMILES string of the molecule is COc1ncnc(C2CC2)c1C1OC(C)(C)C(C)(C)O1. The molecule has 0 unspecified atom stereocenters. The smallest absolute Gasteiger partial charge is 0.224 e. The molecule has 1 aliphatic heterocycles. The number of methoxy groups -OCH3 is 1. The maximum Gasteiger partial charge on any atom is 0.224 e. The van der Waals surface area contributed by atoms with Gasteiger partial charge in [-0.1, -0.05) is 0 Å². The summed E-state index contributed by atoms with van der Waals surface area (Å²) < 4.78 is 17.7. The molecule has 5 heteroatoms. The predicted molar refractivity (Wildman–Crippen MR) is 73.6 cm³/mol. The molecule has 1 saturated heterocycles. The third kappa shape index (κ3) is 2.09. The molecule has 1 saturated carbocycles. The molecule has 5 nitrogen and oxygen atoms in total. The maximum atomic E-state index is 6.13. The largest absolute Gasteiger partial charge is 0.481 e. The standard InChI is InChI=1S/C15H22N2O3/c1-14(2)15(3,4)20-13(19-14)10-11(9-6-7-9)16-8-17-12(10)18-5/h8-9,13H,6-7H2,1-5H3. The van der Waals surface area contributed by atoms with Gasteiger partial charge in [0.2, 0.25) is 5.88 Å². The van der Waals surface area contributed by atoms with Crippen LogP contribution in [0.5, 0.6) is 5.88 Å². The minimum Gasteiger partial charge on any atom is -0.481 e. The van der Waals surface area contributed by atoms with Crippen molar-refractivity contribution in [1.82, 2.24) is 9.97 Å². The van der Waals surface area contributed by atoms with E-state index in [0.29, 0.717) is 11.8 Å². The second kappa shape index (κ2) is 4.40. The van der Waals surface area contributed by atoms with Crippen LogP contribution in [-0.4, -0.2) is 28.3 Å². The van der Waals surface area contributed by atoms with E-state index in [2.05, 4.69) is 9.97 Å². The molecule has 2 heterocycles. The average Bonchev–Trinajstić information content (AvgIpc) is 3.17. The molecule has 0 atom stereocenters. The summed E-state index contributed by atoms with van der Waals surface area (Å²) in [6.45, 7) is 8.17. The molecule has 1 aromatic heterocycles. The zero-order valence-electron chi connectivity index (χ0n) is 12.8. The Morgan fingerprint density at radius 1 is 1.10 bits per heavy atom. The molecular weight excluding hydrogens is 256 g/mol. The average molecular weight is 278 g/mol. The number of aromatic nitrogens is 2. The fourth-order valence-electron chi connectivity index (χ4n) is 2.42. The number of hydrogen-bond donors (Lipinski definition) is 0. The van der Waals surface area contributed by atoms with Crippen molar-refractivity contribution in [3.8, 4) is 5.88 Å². The zero-order valence-corrected chi connectivity index (χ0v) is 12.8. The van der Waals surface area contributed by atoms with Crippen LogP contribution < -0.4 is 4.74 Å². The molecule has 2 aliphatic rings. The summed E-state index contributed by atoms with van der Waals surface area (Å²) in [5.41, 5.74) is 1.12. The monoisotopic (exact) mass is 278 g/mol. The van der Waals surface area contributed by atoms with Gasteiger partial charge < -0.3 is 14.2 Å². The summed E-state index contributed by atoms with van der Waals surface area (Å²) in [5, 5.41) is 0. The summed E-state index contributed by atoms with van der Waals surface area (Å²) in [6.07, 6.45) is 3.41. The van der Waals surface area contributed by atoms with Gasteiger partial charge in [-0.15, -0.1) is 0 Å². The van der Waals surface area contributed by atoms with E-state index in [-0.39, 0.29) is 11.2 Å². The Bertz CT molecular complexity index is 508. The van der Waals surface area contributed by atoms with E-state index < -0.39 is 6.29 Å². The highest BCUT2D eigenvalue weighted by atomic mass is 16.7. The Balaban J connectivity index is 2.02. The van der Waals surface area contributed by atoms with Gasteiger partial charge in [0.05, 0.1) is 29.6 Å². The Morgan fingerprint density at radius 2 is 1.70 bits per heavy atom. The highest BCUT2D eigenvalue weighted by Gasteiger charge is 2.51. The van der Waals surface area contributed by atoms with Crippen molar-refractivity contribution >= 4 is 0 Å². The molecule has 1 aliphatic carbocycles. The first-order valence-electron chi connectivity index (χ1n) is 7.10. The van der Waals surface area contributed by atoms with Crippen molar-refractivity contribution in [3.05, 3.63) is 17.6 Å². The molecule has 0 bridgehead atoms. The minimum absolute atomic E-state index is 0.376. The van der Waals surface area contributed by atoms with Crippen LogP contribution in [-0.2, 0) is 9.47 Å². The molecule has 0 N–H and O–H groups in total. The maximum absolute atomic E-state index is 6.13. The van der Waals surface area contributed by atoms with Crippen molar-refractivity contribution < 1.29 is 14.2 Å². The molecule has 0 aromatic carbocycles. The van der Waals surface area contributed by atoms with Crippen LogP contribution >= 0.6 is 0 Å². The van der Waals surface area contributed by atoms with Gasteiger partial charge in [0.15, 0.2) is 6.29 Å². The first kappa shape index (κ1) is 13.8. The van der Waals surface area contributed by atoms with Gasteiger partial charge in [-0.3, -0.25) is 0 Å². The van der Waals surface area contributed by atoms with E-state index in [9.17, 15) is 0 Å². The second-order valence-electron chi connectivity index (χ2n) is 6.54. The molecule has 0 radical (unpaired) electrons. The van der Waals surface area contributed by atoms with E-state index in [1.807, 2.05) is 27.7 Å². The van der Waals surface area contributed by atoms with Gasteiger partial charge >= 0.3 is 0 Å². The third-order valence-corrected chi connectivity index (χ3v) is 4.52. The van der Waals surface area contributed by atoms with Crippen LogP contribution in [0, 0.1) is 0 Å². The minimum atomic E-state index is -0.466. The Kier molecular flexibility index (Phi) is 3.03. The molecule has 0 amide bonds. The lowest BCUT2D eigenvalue weighted by molar-refractivity contribution is -0.0916. The van der Waals surface area contributed by atoms with Crippen LogP contribution in [0.1, 0.15) is 64.0 Å². The highest BCUT2D eigenvalue weighted by Crippen LogP contribution is 2.50. The van der Waals surface area contributed by atoms with Gasteiger partial charge in [-0.05, 0) is 40.5 Å². The molecule has 2 fully saturated rings. The van der Waals surface area contributed by atoms with Crippen molar-refractivity contribution in [2.75, 3.05) is 7.11 Å². The molecule has 110 valence electrons. The fraction of sp³-hybridized carbons (Fsp3) is 0.733. The summed E-state index contributed by atoms with van der Waals surface area (Å²) >= 11 is 0. The van der Waals surface area contributed by atoms with E-state index >= 15 is 0 Å². The Labute approximate surface area is 119 Å². The van der Waals surface area contributed by atoms with E-state index in [1.54, 1.807) is 13.4 Å². The van der Waals surface area contributed by atoms with Crippen molar-refractivity contribution in [1.29, 1.82) is 0 Å². The molecule has 3 rings (SSSR count). The quantitative estimate of drug-likeness (QED) is 0.850.